The van der Waals surface area contributed by atoms with Crippen molar-refractivity contribution in [1.82, 2.24) is 20.0 Å². The van der Waals surface area contributed by atoms with Crippen molar-refractivity contribution in [3.8, 4) is 0 Å². The Morgan fingerprint density at radius 3 is 2.00 bits per heavy atom. The summed E-state index contributed by atoms with van der Waals surface area (Å²) >= 11 is 0. The monoisotopic (exact) mass is 364 g/mol. The topological polar surface area (TPSA) is 55.9 Å². The molecule has 3 aliphatic rings. The number of rotatable bonds is 3. The summed E-state index contributed by atoms with van der Waals surface area (Å²) < 4.78 is 0. The molecule has 1 aliphatic carbocycles. The zero-order valence-corrected chi connectivity index (χ0v) is 16.6. The Labute approximate surface area is 158 Å². The summed E-state index contributed by atoms with van der Waals surface area (Å²) in [7, 11) is 0. The Balaban J connectivity index is 1.39. The highest BCUT2D eigenvalue weighted by Gasteiger charge is 2.32. The molecular weight excluding hydrogens is 328 g/mol. The van der Waals surface area contributed by atoms with Crippen LogP contribution in [0.25, 0.3) is 0 Å². The number of carbonyl (C=O) groups excluding carboxylic acids is 2. The van der Waals surface area contributed by atoms with Crippen molar-refractivity contribution in [1.29, 1.82) is 0 Å². The van der Waals surface area contributed by atoms with Gasteiger partial charge in [-0.3, -0.25) is 9.69 Å². The molecular formula is C20H36N4O2. The summed E-state index contributed by atoms with van der Waals surface area (Å²) in [4.78, 5) is 31.6. The molecule has 0 spiro atoms. The fraction of sp³-hybridized carbons (Fsp3) is 0.900. The van der Waals surface area contributed by atoms with E-state index in [1.165, 1.54) is 6.42 Å². The standard InChI is InChI=1S/C20H36N4O2/c1-16(2)22-12-14-23(15-13-22)19(25)17-6-8-18(9-7-17)21-20(26)24-10-4-3-5-11-24/h16-18H,3-15H2,1-2H3,(H,21,26)/t17-,18-. The first-order chi connectivity index (χ1) is 12.5. The molecule has 26 heavy (non-hydrogen) atoms. The summed E-state index contributed by atoms with van der Waals surface area (Å²) in [6, 6.07) is 0.904. The predicted molar refractivity (Wildman–Crippen MR) is 103 cm³/mol. The van der Waals surface area contributed by atoms with Gasteiger partial charge < -0.3 is 15.1 Å². The summed E-state index contributed by atoms with van der Waals surface area (Å²) in [6.07, 6.45) is 7.17. The van der Waals surface area contributed by atoms with Crippen LogP contribution in [-0.4, -0.2) is 78.0 Å². The predicted octanol–water partition coefficient (Wildman–Crippen LogP) is 2.29. The molecule has 0 unspecified atom stereocenters. The number of nitrogens with zero attached hydrogens (tertiary/aromatic N) is 3. The second-order valence-electron chi connectivity index (χ2n) is 8.50. The lowest BCUT2D eigenvalue weighted by Gasteiger charge is -2.39. The minimum Gasteiger partial charge on any atom is -0.340 e. The van der Waals surface area contributed by atoms with E-state index < -0.39 is 0 Å². The van der Waals surface area contributed by atoms with Gasteiger partial charge in [-0.15, -0.1) is 0 Å². The van der Waals surface area contributed by atoms with Gasteiger partial charge in [-0.2, -0.15) is 0 Å². The van der Waals surface area contributed by atoms with Gasteiger partial charge in [-0.25, -0.2) is 4.79 Å². The molecule has 0 aromatic heterocycles. The average molecular weight is 365 g/mol. The molecule has 3 fully saturated rings. The third-order valence-corrected chi connectivity index (χ3v) is 6.40. The van der Waals surface area contributed by atoms with E-state index in [-0.39, 0.29) is 18.0 Å². The van der Waals surface area contributed by atoms with E-state index in [1.807, 2.05) is 4.90 Å². The van der Waals surface area contributed by atoms with E-state index in [0.717, 1.165) is 77.8 Å². The number of urea groups is 1. The highest BCUT2D eigenvalue weighted by Crippen LogP contribution is 2.27. The SMILES string of the molecule is CC(C)N1CCN(C(=O)[C@H]2CC[C@H](NC(=O)N3CCCCC3)CC2)CC1. The van der Waals surface area contributed by atoms with Crippen LogP contribution in [0, 0.1) is 5.92 Å². The molecule has 0 aromatic carbocycles. The summed E-state index contributed by atoms with van der Waals surface area (Å²) in [5, 5.41) is 3.20. The first kappa shape index (κ1) is 19.5. The van der Waals surface area contributed by atoms with E-state index in [2.05, 4.69) is 29.0 Å². The molecule has 2 saturated heterocycles. The van der Waals surface area contributed by atoms with Crippen LogP contribution in [0.2, 0.25) is 0 Å². The van der Waals surface area contributed by atoms with Crippen LogP contribution in [-0.2, 0) is 4.79 Å². The van der Waals surface area contributed by atoms with E-state index in [0.29, 0.717) is 11.9 Å². The minimum absolute atomic E-state index is 0.101. The number of piperidine rings is 1. The number of piperazine rings is 1. The van der Waals surface area contributed by atoms with E-state index in [4.69, 9.17) is 0 Å². The Morgan fingerprint density at radius 2 is 1.42 bits per heavy atom. The lowest BCUT2D eigenvalue weighted by Crippen LogP contribution is -2.53. The Hall–Kier alpha value is -1.30. The van der Waals surface area contributed by atoms with Crippen molar-refractivity contribution < 1.29 is 9.59 Å². The number of hydrogen-bond donors (Lipinski definition) is 1. The van der Waals surface area contributed by atoms with Gasteiger partial charge in [0.05, 0.1) is 0 Å². The summed E-state index contributed by atoms with van der Waals surface area (Å²) in [5.74, 6) is 0.498. The van der Waals surface area contributed by atoms with Gasteiger partial charge in [-0.05, 0) is 58.8 Å². The maximum Gasteiger partial charge on any atom is 0.317 e. The molecule has 6 heteroatoms. The molecule has 2 aliphatic heterocycles. The van der Waals surface area contributed by atoms with Crippen molar-refractivity contribution in [2.45, 2.75) is 70.9 Å². The average Bonchev–Trinajstić information content (AvgIpc) is 2.69. The van der Waals surface area contributed by atoms with Gasteiger partial charge in [0.1, 0.15) is 0 Å². The van der Waals surface area contributed by atoms with E-state index in [1.54, 1.807) is 0 Å². The number of likely N-dealkylation sites (tertiary alicyclic amines) is 1. The van der Waals surface area contributed by atoms with Crippen LogP contribution in [0.15, 0.2) is 0 Å². The quantitative estimate of drug-likeness (QED) is 0.836. The van der Waals surface area contributed by atoms with Crippen molar-refractivity contribution in [3.05, 3.63) is 0 Å². The Kier molecular flexibility index (Phi) is 6.79. The number of hydrogen-bond acceptors (Lipinski definition) is 3. The van der Waals surface area contributed by atoms with E-state index in [9.17, 15) is 9.59 Å². The summed E-state index contributed by atoms with van der Waals surface area (Å²) in [5.41, 5.74) is 0. The highest BCUT2D eigenvalue weighted by atomic mass is 16.2. The first-order valence-electron chi connectivity index (χ1n) is 10.6. The minimum atomic E-state index is 0.101. The zero-order valence-electron chi connectivity index (χ0n) is 16.6. The fourth-order valence-corrected chi connectivity index (χ4v) is 4.56. The molecule has 3 amide bonds. The molecule has 1 saturated carbocycles. The third-order valence-electron chi connectivity index (χ3n) is 6.40. The van der Waals surface area contributed by atoms with Gasteiger partial charge in [0.25, 0.3) is 0 Å². The number of carbonyl (C=O) groups is 2. The lowest BCUT2D eigenvalue weighted by molar-refractivity contribution is -0.138. The van der Waals surface area contributed by atoms with Crippen LogP contribution < -0.4 is 5.32 Å². The van der Waals surface area contributed by atoms with Crippen molar-refractivity contribution in [3.63, 3.8) is 0 Å². The molecule has 0 atom stereocenters. The second kappa shape index (κ2) is 9.07. The van der Waals surface area contributed by atoms with Gasteiger partial charge in [-0.1, -0.05) is 0 Å². The zero-order chi connectivity index (χ0) is 18.5. The number of amides is 3. The van der Waals surface area contributed by atoms with Crippen LogP contribution in [0.1, 0.15) is 58.8 Å². The van der Waals surface area contributed by atoms with Crippen molar-refractivity contribution in [2.24, 2.45) is 5.92 Å². The highest BCUT2D eigenvalue weighted by molar-refractivity contribution is 5.79. The number of nitrogens with one attached hydrogen (secondary N) is 1. The molecule has 1 N–H and O–H groups in total. The van der Waals surface area contributed by atoms with Crippen LogP contribution in [0.5, 0.6) is 0 Å². The first-order valence-corrected chi connectivity index (χ1v) is 10.6. The fourth-order valence-electron chi connectivity index (χ4n) is 4.56. The smallest absolute Gasteiger partial charge is 0.317 e. The maximum absolute atomic E-state index is 12.8. The van der Waals surface area contributed by atoms with Gasteiger partial charge in [0, 0.05) is 57.3 Å². The molecule has 6 nitrogen and oxygen atoms in total. The van der Waals surface area contributed by atoms with Crippen LogP contribution in [0.4, 0.5) is 4.79 Å². The Morgan fingerprint density at radius 1 is 0.808 bits per heavy atom. The summed E-state index contributed by atoms with van der Waals surface area (Å²) in [6.45, 7) is 9.93. The molecule has 0 bridgehead atoms. The Bertz CT molecular complexity index is 474. The van der Waals surface area contributed by atoms with Crippen LogP contribution >= 0.6 is 0 Å². The molecule has 2 heterocycles. The second-order valence-corrected chi connectivity index (χ2v) is 8.50. The van der Waals surface area contributed by atoms with Gasteiger partial charge in [0.2, 0.25) is 5.91 Å². The van der Waals surface area contributed by atoms with Gasteiger partial charge in [0.15, 0.2) is 0 Å². The van der Waals surface area contributed by atoms with Crippen LogP contribution in [0.3, 0.4) is 0 Å². The molecule has 0 radical (unpaired) electrons. The largest absolute Gasteiger partial charge is 0.340 e. The maximum atomic E-state index is 12.8. The third kappa shape index (κ3) is 4.90. The molecule has 148 valence electrons. The normalized spacial score (nSPS) is 28.3. The molecule has 3 rings (SSSR count). The van der Waals surface area contributed by atoms with Crippen molar-refractivity contribution in [2.75, 3.05) is 39.3 Å². The van der Waals surface area contributed by atoms with E-state index >= 15 is 0 Å². The lowest BCUT2D eigenvalue weighted by atomic mass is 9.85. The molecule has 0 aromatic rings. The van der Waals surface area contributed by atoms with Crippen molar-refractivity contribution >= 4 is 11.9 Å². The van der Waals surface area contributed by atoms with Gasteiger partial charge >= 0.3 is 6.03 Å².